The van der Waals surface area contributed by atoms with Gasteiger partial charge in [0.05, 0.1) is 10.7 Å². The summed E-state index contributed by atoms with van der Waals surface area (Å²) < 4.78 is 30.0. The van der Waals surface area contributed by atoms with E-state index in [1.165, 1.54) is 9.21 Å². The molecule has 0 radical (unpaired) electrons. The van der Waals surface area contributed by atoms with Gasteiger partial charge in [-0.3, -0.25) is 4.79 Å². The van der Waals surface area contributed by atoms with Crippen LogP contribution in [0, 0.1) is 0 Å². The van der Waals surface area contributed by atoms with Crippen LogP contribution in [0.4, 0.5) is 0 Å². The maximum absolute atomic E-state index is 12.3. The lowest BCUT2D eigenvalue weighted by Gasteiger charge is -2.33. The van der Waals surface area contributed by atoms with E-state index in [0.29, 0.717) is 4.47 Å². The minimum absolute atomic E-state index is 0.242. The zero-order valence-corrected chi connectivity index (χ0v) is 16.5. The number of fused-ring (bicyclic) bond motifs is 1. The van der Waals surface area contributed by atoms with E-state index in [9.17, 15) is 18.0 Å². The molecule has 0 unspecified atom stereocenters. The molecule has 8 nitrogen and oxygen atoms in total. The summed E-state index contributed by atoms with van der Waals surface area (Å²) in [6, 6.07) is 7.40. The van der Waals surface area contributed by atoms with Crippen molar-refractivity contribution in [3.63, 3.8) is 0 Å². The highest BCUT2D eigenvalue weighted by molar-refractivity contribution is 9.10. The van der Waals surface area contributed by atoms with Gasteiger partial charge in [0.25, 0.3) is 5.91 Å². The number of ether oxygens (including phenoxy) is 1. The van der Waals surface area contributed by atoms with E-state index in [4.69, 9.17) is 4.74 Å². The Hall–Kier alpha value is -1.91. The number of hydrogen-bond acceptors (Lipinski definition) is 5. The summed E-state index contributed by atoms with van der Waals surface area (Å²) in [5.41, 5.74) is 1.04. The van der Waals surface area contributed by atoms with E-state index in [1.54, 1.807) is 0 Å². The third-order valence-corrected chi connectivity index (χ3v) is 6.36. The predicted molar refractivity (Wildman–Crippen MR) is 99.3 cm³/mol. The molecule has 1 N–H and O–H groups in total. The first kappa shape index (κ1) is 18.9. The smallest absolute Gasteiger partial charge is 0.356 e. The van der Waals surface area contributed by atoms with Crippen LogP contribution < -0.4 is 0 Å². The fourth-order valence-corrected chi connectivity index (χ4v) is 4.24. The van der Waals surface area contributed by atoms with Crippen molar-refractivity contribution in [2.75, 3.05) is 39.0 Å². The fraction of sp³-hybridized carbons (Fsp3) is 0.375. The number of amides is 1. The zero-order valence-electron chi connectivity index (χ0n) is 14.1. The molecule has 140 valence electrons. The monoisotopic (exact) mass is 443 g/mol. The Bertz CT molecular complexity index is 948. The van der Waals surface area contributed by atoms with Crippen LogP contribution in [0.1, 0.15) is 10.5 Å². The van der Waals surface area contributed by atoms with E-state index in [0.717, 1.165) is 17.2 Å². The van der Waals surface area contributed by atoms with Gasteiger partial charge >= 0.3 is 5.97 Å². The molecule has 1 aliphatic heterocycles. The molecular formula is C16H18BrN3O5S. The molecular weight excluding hydrogens is 426 g/mol. The van der Waals surface area contributed by atoms with Crippen LogP contribution in [0.25, 0.3) is 10.9 Å². The standard InChI is InChI=1S/C16H18BrN3O5S/c1-26(23,24)20-8-6-19(7-9-20)13(21)10-25-16(22)15-14(17)11-4-2-3-5-12(11)18-15/h2-5,18H,6-10H2,1H3. The number of aromatic amines is 1. The summed E-state index contributed by atoms with van der Waals surface area (Å²) in [7, 11) is -3.25. The van der Waals surface area contributed by atoms with Crippen molar-refractivity contribution >= 4 is 48.7 Å². The van der Waals surface area contributed by atoms with Crippen LogP contribution in [-0.4, -0.2) is 73.5 Å². The molecule has 0 atom stereocenters. The molecule has 10 heteroatoms. The van der Waals surface area contributed by atoms with Crippen molar-refractivity contribution in [3.05, 3.63) is 34.4 Å². The number of piperazine rings is 1. The number of carbonyl (C=O) groups excluding carboxylic acids is 2. The first-order chi connectivity index (χ1) is 12.3. The minimum Gasteiger partial charge on any atom is -0.451 e. The molecule has 1 aromatic carbocycles. The van der Waals surface area contributed by atoms with Gasteiger partial charge in [-0.15, -0.1) is 0 Å². The number of nitrogens with one attached hydrogen (secondary N) is 1. The number of hydrogen-bond donors (Lipinski definition) is 1. The first-order valence-corrected chi connectivity index (χ1v) is 10.6. The number of aromatic nitrogens is 1. The molecule has 0 saturated carbocycles. The molecule has 1 aromatic heterocycles. The summed E-state index contributed by atoms with van der Waals surface area (Å²) >= 11 is 3.37. The van der Waals surface area contributed by atoms with Gasteiger partial charge in [0, 0.05) is 37.1 Å². The van der Waals surface area contributed by atoms with Crippen molar-refractivity contribution in [1.82, 2.24) is 14.2 Å². The van der Waals surface area contributed by atoms with Gasteiger partial charge in [0.15, 0.2) is 6.61 Å². The SMILES string of the molecule is CS(=O)(=O)N1CCN(C(=O)COC(=O)c2[nH]c3ccccc3c2Br)CC1. The lowest BCUT2D eigenvalue weighted by molar-refractivity contribution is -0.135. The Morgan fingerprint density at radius 2 is 1.85 bits per heavy atom. The van der Waals surface area contributed by atoms with Crippen LogP contribution in [-0.2, 0) is 19.6 Å². The molecule has 1 saturated heterocycles. The van der Waals surface area contributed by atoms with Gasteiger partial charge in [-0.1, -0.05) is 18.2 Å². The van der Waals surface area contributed by atoms with Crippen molar-refractivity contribution < 1.29 is 22.7 Å². The van der Waals surface area contributed by atoms with E-state index in [1.807, 2.05) is 24.3 Å². The lowest BCUT2D eigenvalue weighted by atomic mass is 10.2. The number of esters is 1. The van der Waals surface area contributed by atoms with Gasteiger partial charge in [-0.25, -0.2) is 13.2 Å². The second-order valence-electron chi connectivity index (χ2n) is 5.98. The second-order valence-corrected chi connectivity index (χ2v) is 8.75. The van der Waals surface area contributed by atoms with Gasteiger partial charge in [-0.05, 0) is 22.0 Å². The molecule has 3 rings (SSSR count). The van der Waals surface area contributed by atoms with Crippen LogP contribution in [0.3, 0.4) is 0 Å². The van der Waals surface area contributed by atoms with Crippen molar-refractivity contribution in [3.8, 4) is 0 Å². The average molecular weight is 444 g/mol. The Balaban J connectivity index is 1.58. The van der Waals surface area contributed by atoms with Gasteiger partial charge < -0.3 is 14.6 Å². The highest BCUT2D eigenvalue weighted by atomic mass is 79.9. The van der Waals surface area contributed by atoms with E-state index < -0.39 is 16.0 Å². The Kier molecular flexibility index (Phi) is 5.35. The highest BCUT2D eigenvalue weighted by Gasteiger charge is 2.27. The first-order valence-electron chi connectivity index (χ1n) is 7.93. The maximum Gasteiger partial charge on any atom is 0.356 e. The van der Waals surface area contributed by atoms with E-state index >= 15 is 0 Å². The Morgan fingerprint density at radius 3 is 2.46 bits per heavy atom. The van der Waals surface area contributed by atoms with Crippen LogP contribution in [0.2, 0.25) is 0 Å². The summed E-state index contributed by atoms with van der Waals surface area (Å²) in [6.45, 7) is 0.650. The molecule has 0 bridgehead atoms. The van der Waals surface area contributed by atoms with Crippen LogP contribution >= 0.6 is 15.9 Å². The number of benzene rings is 1. The Morgan fingerprint density at radius 1 is 1.19 bits per heavy atom. The number of rotatable bonds is 4. The molecule has 0 spiro atoms. The third kappa shape index (κ3) is 3.92. The average Bonchev–Trinajstić information content (AvgIpc) is 2.96. The quantitative estimate of drug-likeness (QED) is 0.715. The lowest BCUT2D eigenvalue weighted by Crippen LogP contribution is -2.51. The normalized spacial score (nSPS) is 16.0. The third-order valence-electron chi connectivity index (χ3n) is 4.23. The van der Waals surface area contributed by atoms with E-state index in [-0.39, 0.29) is 44.4 Å². The number of nitrogens with zero attached hydrogens (tertiary/aromatic N) is 2. The zero-order chi connectivity index (χ0) is 18.9. The number of carbonyl (C=O) groups is 2. The molecule has 1 amide bonds. The summed E-state index contributed by atoms with van der Waals surface area (Å²) in [5.74, 6) is -0.977. The summed E-state index contributed by atoms with van der Waals surface area (Å²) in [5, 5.41) is 0.850. The van der Waals surface area contributed by atoms with Crippen LogP contribution in [0.15, 0.2) is 28.7 Å². The topological polar surface area (TPSA) is 99.8 Å². The van der Waals surface area contributed by atoms with Crippen molar-refractivity contribution in [2.45, 2.75) is 0 Å². The van der Waals surface area contributed by atoms with Gasteiger partial charge in [-0.2, -0.15) is 4.31 Å². The highest BCUT2D eigenvalue weighted by Crippen LogP contribution is 2.28. The fourth-order valence-electron chi connectivity index (χ4n) is 2.81. The second kappa shape index (κ2) is 7.37. The largest absolute Gasteiger partial charge is 0.451 e. The number of H-pyrrole nitrogens is 1. The Labute approximate surface area is 159 Å². The molecule has 0 aliphatic carbocycles. The number of halogens is 1. The molecule has 1 fully saturated rings. The molecule has 1 aliphatic rings. The minimum atomic E-state index is -3.25. The van der Waals surface area contributed by atoms with E-state index in [2.05, 4.69) is 20.9 Å². The number of para-hydroxylation sites is 1. The predicted octanol–water partition coefficient (Wildman–Crippen LogP) is 1.19. The number of sulfonamides is 1. The summed E-state index contributed by atoms with van der Waals surface area (Å²) in [6.07, 6.45) is 1.14. The van der Waals surface area contributed by atoms with Gasteiger partial charge in [0.1, 0.15) is 5.69 Å². The van der Waals surface area contributed by atoms with Gasteiger partial charge in [0.2, 0.25) is 10.0 Å². The van der Waals surface area contributed by atoms with Crippen molar-refractivity contribution in [2.24, 2.45) is 0 Å². The van der Waals surface area contributed by atoms with Crippen LogP contribution in [0.5, 0.6) is 0 Å². The molecule has 2 heterocycles. The molecule has 26 heavy (non-hydrogen) atoms. The maximum atomic E-state index is 12.3. The van der Waals surface area contributed by atoms with Crippen molar-refractivity contribution in [1.29, 1.82) is 0 Å². The molecule has 2 aromatic rings. The summed E-state index contributed by atoms with van der Waals surface area (Å²) in [4.78, 5) is 28.9.